The molecule has 0 spiro atoms. The monoisotopic (exact) mass is 620 g/mol. The van der Waals surface area contributed by atoms with Gasteiger partial charge in [0.05, 0.1) is 9.81 Å². The minimum atomic E-state index is -0.616. The van der Waals surface area contributed by atoms with Gasteiger partial charge in [-0.3, -0.25) is 39.8 Å². The molecule has 2 saturated heterocycles. The summed E-state index contributed by atoms with van der Waals surface area (Å²) in [5.41, 5.74) is 6.57. The lowest BCUT2D eigenvalue weighted by Gasteiger charge is -2.16. The Bertz CT molecular complexity index is 1490. The summed E-state index contributed by atoms with van der Waals surface area (Å²) in [6.07, 6.45) is 10.5. The summed E-state index contributed by atoms with van der Waals surface area (Å²) in [7, 11) is 0. The SMILES string of the molecule is O=C(CCN1C(=O)/C(=C\C=C\c2ccccc2)SC1=S)NNC(=O)CN1C(=O)/C(=C/C=C/c2ccccc2)SC1=S. The van der Waals surface area contributed by atoms with Crippen LogP contribution in [0.4, 0.5) is 0 Å². The van der Waals surface area contributed by atoms with Crippen LogP contribution in [0, 0.1) is 0 Å². The van der Waals surface area contributed by atoms with E-state index < -0.39 is 11.8 Å². The molecule has 2 aliphatic heterocycles. The zero-order valence-corrected chi connectivity index (χ0v) is 24.8. The molecule has 2 heterocycles. The van der Waals surface area contributed by atoms with E-state index in [4.69, 9.17) is 24.4 Å². The highest BCUT2D eigenvalue weighted by molar-refractivity contribution is 8.27. The molecule has 8 nitrogen and oxygen atoms in total. The number of amides is 4. The Labute approximate surface area is 256 Å². The number of allylic oxidation sites excluding steroid dienone is 4. The summed E-state index contributed by atoms with van der Waals surface area (Å²) in [6.45, 7) is -0.289. The second-order valence-electron chi connectivity index (χ2n) is 8.53. The van der Waals surface area contributed by atoms with Gasteiger partial charge in [-0.25, -0.2) is 0 Å². The number of thiocarbonyl (C=S) groups is 2. The first-order chi connectivity index (χ1) is 19.8. The fourth-order valence-corrected chi connectivity index (χ4v) is 6.04. The van der Waals surface area contributed by atoms with Crippen molar-refractivity contribution in [1.29, 1.82) is 0 Å². The van der Waals surface area contributed by atoms with Crippen molar-refractivity contribution in [3.63, 3.8) is 0 Å². The van der Waals surface area contributed by atoms with Gasteiger partial charge >= 0.3 is 0 Å². The summed E-state index contributed by atoms with van der Waals surface area (Å²) < 4.78 is 0.601. The van der Waals surface area contributed by atoms with Crippen LogP contribution in [0.2, 0.25) is 0 Å². The number of carbonyl (C=O) groups excluding carboxylic acids is 4. The number of nitrogens with one attached hydrogen (secondary N) is 2. The van der Waals surface area contributed by atoms with E-state index in [2.05, 4.69) is 10.9 Å². The lowest BCUT2D eigenvalue weighted by Crippen LogP contribution is -2.48. The number of benzene rings is 2. The van der Waals surface area contributed by atoms with E-state index in [0.717, 1.165) is 34.7 Å². The molecule has 2 aromatic rings. The quantitative estimate of drug-likeness (QED) is 0.241. The lowest BCUT2D eigenvalue weighted by molar-refractivity contribution is -0.131. The molecule has 2 aliphatic rings. The third kappa shape index (κ3) is 8.57. The predicted molar refractivity (Wildman–Crippen MR) is 172 cm³/mol. The molecule has 2 fully saturated rings. The van der Waals surface area contributed by atoms with Gasteiger partial charge in [0.15, 0.2) is 0 Å². The Morgan fingerprint density at radius 1 is 0.707 bits per heavy atom. The Balaban J connectivity index is 1.20. The van der Waals surface area contributed by atoms with Crippen LogP contribution in [-0.2, 0) is 19.2 Å². The zero-order chi connectivity index (χ0) is 29.2. The molecule has 4 amide bonds. The average Bonchev–Trinajstić information content (AvgIpc) is 3.40. The fourth-order valence-electron chi connectivity index (χ4n) is 3.58. The molecule has 12 heteroatoms. The normalized spacial score (nSPS) is 17.6. The van der Waals surface area contributed by atoms with Gasteiger partial charge in [0, 0.05) is 13.0 Å². The van der Waals surface area contributed by atoms with Crippen LogP contribution in [0.3, 0.4) is 0 Å². The van der Waals surface area contributed by atoms with Crippen LogP contribution in [-0.4, -0.2) is 55.2 Å². The van der Waals surface area contributed by atoms with Crippen molar-refractivity contribution in [2.75, 3.05) is 13.1 Å². The van der Waals surface area contributed by atoms with Crippen LogP contribution >= 0.6 is 48.0 Å². The number of thioether (sulfide) groups is 2. The number of hydrazine groups is 1. The Morgan fingerprint density at radius 3 is 1.71 bits per heavy atom. The van der Waals surface area contributed by atoms with Crippen molar-refractivity contribution in [2.24, 2.45) is 0 Å². The van der Waals surface area contributed by atoms with Gasteiger partial charge in [-0.15, -0.1) is 0 Å². The fraction of sp³-hybridized carbons (Fsp3) is 0.103. The Morgan fingerprint density at radius 2 is 1.17 bits per heavy atom. The Kier molecular flexibility index (Phi) is 10.8. The number of rotatable bonds is 9. The standard InChI is InChI=1S/C29H24N4O4S4/c34-24(17-18-32-26(36)22(40-28(32)38)15-7-13-20-9-3-1-4-10-20)30-31-25(35)19-33-27(37)23(41-29(33)39)16-8-14-21-11-5-2-6-12-21/h1-16H,17-19H2,(H,30,34)(H,31,35)/b13-7+,14-8+,22-15+,23-16-. The molecule has 0 saturated carbocycles. The third-order valence-electron chi connectivity index (χ3n) is 5.62. The first-order valence-corrected chi connectivity index (χ1v) is 14.8. The van der Waals surface area contributed by atoms with Gasteiger partial charge < -0.3 is 0 Å². The maximum absolute atomic E-state index is 12.7. The zero-order valence-electron chi connectivity index (χ0n) is 21.5. The van der Waals surface area contributed by atoms with Crippen molar-refractivity contribution in [1.82, 2.24) is 20.7 Å². The van der Waals surface area contributed by atoms with Crippen molar-refractivity contribution in [3.8, 4) is 0 Å². The molecule has 41 heavy (non-hydrogen) atoms. The van der Waals surface area contributed by atoms with Crippen LogP contribution in [0.1, 0.15) is 17.5 Å². The minimum Gasteiger partial charge on any atom is -0.292 e. The van der Waals surface area contributed by atoms with Crippen molar-refractivity contribution >= 4 is 92.4 Å². The van der Waals surface area contributed by atoms with E-state index in [0.29, 0.717) is 14.1 Å². The van der Waals surface area contributed by atoms with E-state index in [9.17, 15) is 19.2 Å². The minimum absolute atomic E-state index is 0.0576. The van der Waals surface area contributed by atoms with E-state index in [1.807, 2.05) is 72.8 Å². The first-order valence-electron chi connectivity index (χ1n) is 12.3. The molecule has 0 radical (unpaired) electrons. The topological polar surface area (TPSA) is 98.8 Å². The maximum atomic E-state index is 12.7. The summed E-state index contributed by atoms with van der Waals surface area (Å²) in [6, 6.07) is 19.3. The van der Waals surface area contributed by atoms with Crippen molar-refractivity contribution in [3.05, 3.63) is 106 Å². The van der Waals surface area contributed by atoms with Gasteiger partial charge in [-0.2, -0.15) is 0 Å². The van der Waals surface area contributed by atoms with Gasteiger partial charge in [0.1, 0.15) is 15.2 Å². The highest BCUT2D eigenvalue weighted by Crippen LogP contribution is 2.32. The molecular formula is C29H24N4O4S4. The summed E-state index contributed by atoms with van der Waals surface area (Å²) >= 11 is 12.8. The third-order valence-corrected chi connectivity index (χ3v) is 8.42. The maximum Gasteiger partial charge on any atom is 0.266 e. The van der Waals surface area contributed by atoms with Gasteiger partial charge in [0.2, 0.25) is 5.91 Å². The molecule has 4 rings (SSSR count). The van der Waals surface area contributed by atoms with Crippen LogP contribution in [0.25, 0.3) is 12.2 Å². The van der Waals surface area contributed by atoms with Gasteiger partial charge in [0.25, 0.3) is 17.7 Å². The molecule has 0 bridgehead atoms. The summed E-state index contributed by atoms with van der Waals surface area (Å²) in [4.78, 5) is 53.5. The molecule has 2 aromatic carbocycles. The largest absolute Gasteiger partial charge is 0.292 e. The number of carbonyl (C=O) groups is 4. The Hall–Kier alpha value is -3.84. The van der Waals surface area contributed by atoms with Crippen molar-refractivity contribution < 1.29 is 19.2 Å². The van der Waals surface area contributed by atoms with Crippen LogP contribution in [0.15, 0.2) is 94.8 Å². The number of hydrogen-bond donors (Lipinski definition) is 2. The van der Waals surface area contributed by atoms with Crippen LogP contribution < -0.4 is 10.9 Å². The second-order valence-corrected chi connectivity index (χ2v) is 11.9. The van der Waals surface area contributed by atoms with E-state index in [1.54, 1.807) is 24.3 Å². The average molecular weight is 621 g/mol. The van der Waals surface area contributed by atoms with Crippen molar-refractivity contribution in [2.45, 2.75) is 6.42 Å². The predicted octanol–water partition coefficient (Wildman–Crippen LogP) is 4.44. The molecule has 2 N–H and O–H groups in total. The highest BCUT2D eigenvalue weighted by atomic mass is 32.2. The van der Waals surface area contributed by atoms with E-state index in [1.165, 1.54) is 9.80 Å². The summed E-state index contributed by atoms with van der Waals surface area (Å²) in [5.74, 6) is -1.80. The molecule has 208 valence electrons. The molecule has 0 aliphatic carbocycles. The van der Waals surface area contributed by atoms with Gasteiger partial charge in [-0.05, 0) is 23.3 Å². The van der Waals surface area contributed by atoms with E-state index in [-0.39, 0.29) is 35.6 Å². The lowest BCUT2D eigenvalue weighted by atomic mass is 10.2. The highest BCUT2D eigenvalue weighted by Gasteiger charge is 2.33. The number of nitrogens with zero attached hydrogens (tertiary/aromatic N) is 2. The van der Waals surface area contributed by atoms with Crippen LogP contribution in [0.5, 0.6) is 0 Å². The first kappa shape index (κ1) is 30.1. The molecule has 0 unspecified atom stereocenters. The second kappa shape index (κ2) is 14.7. The van der Waals surface area contributed by atoms with E-state index >= 15 is 0 Å². The molecular weight excluding hydrogens is 597 g/mol. The smallest absolute Gasteiger partial charge is 0.266 e. The molecule has 0 atom stereocenters. The molecule has 0 aromatic heterocycles. The van der Waals surface area contributed by atoms with Gasteiger partial charge in [-0.1, -0.05) is 133 Å². The summed E-state index contributed by atoms with van der Waals surface area (Å²) in [5, 5.41) is 0. The number of hydrogen-bond acceptors (Lipinski definition) is 8.